The van der Waals surface area contributed by atoms with Crippen LogP contribution in [0.5, 0.6) is 5.75 Å². The Bertz CT molecular complexity index is 411. The Kier molecular flexibility index (Phi) is 6.89. The summed E-state index contributed by atoms with van der Waals surface area (Å²) in [6.45, 7) is 2.73. The topological polar surface area (TPSA) is 9.23 Å². The van der Waals surface area contributed by atoms with Crippen LogP contribution in [0.15, 0.2) is 22.7 Å². The van der Waals surface area contributed by atoms with Gasteiger partial charge in [0, 0.05) is 9.30 Å². The first-order valence-electron chi connectivity index (χ1n) is 7.78. The van der Waals surface area contributed by atoms with E-state index in [9.17, 15) is 0 Å². The third kappa shape index (κ3) is 4.49. The van der Waals surface area contributed by atoms with E-state index in [1.807, 2.05) is 6.92 Å². The summed E-state index contributed by atoms with van der Waals surface area (Å²) in [6, 6.07) is 6.38. The Labute approximate surface area is 139 Å². The average Bonchev–Trinajstić information content (AvgIpc) is 2.38. The molecule has 0 radical (unpaired) electrons. The van der Waals surface area contributed by atoms with E-state index in [1.54, 1.807) is 0 Å². The highest BCUT2D eigenvalue weighted by Gasteiger charge is 2.23. The molecule has 3 heteroatoms. The molecule has 2 rings (SSSR count). The van der Waals surface area contributed by atoms with Gasteiger partial charge in [-0.3, -0.25) is 0 Å². The predicted octanol–water partition coefficient (Wildman–Crippen LogP) is 6.64. The van der Waals surface area contributed by atoms with E-state index in [0.29, 0.717) is 11.4 Å². The molecule has 112 valence electrons. The molecule has 0 aromatic heterocycles. The van der Waals surface area contributed by atoms with Crippen molar-refractivity contribution >= 4 is 31.9 Å². The normalized spacial score (nSPS) is 19.1. The van der Waals surface area contributed by atoms with Gasteiger partial charge in [0.05, 0.1) is 6.61 Å². The number of rotatable bonds is 4. The van der Waals surface area contributed by atoms with Crippen LogP contribution in [0.3, 0.4) is 0 Å². The summed E-state index contributed by atoms with van der Waals surface area (Å²) in [5.74, 6) is 1.70. The molecule has 1 aliphatic rings. The fraction of sp³-hybridized carbons (Fsp3) is 0.647. The number of ether oxygens (including phenoxy) is 1. The van der Waals surface area contributed by atoms with Gasteiger partial charge in [0.25, 0.3) is 0 Å². The zero-order valence-electron chi connectivity index (χ0n) is 12.2. The van der Waals surface area contributed by atoms with Crippen LogP contribution in [0.1, 0.15) is 62.3 Å². The summed E-state index contributed by atoms with van der Waals surface area (Å²) in [5, 5.41) is 0. The molecule has 0 N–H and O–H groups in total. The molecule has 0 spiro atoms. The summed E-state index contributed by atoms with van der Waals surface area (Å²) in [5.41, 5.74) is 1.36. The van der Waals surface area contributed by atoms with Gasteiger partial charge in [0.1, 0.15) is 5.75 Å². The molecule has 1 unspecified atom stereocenters. The lowest BCUT2D eigenvalue weighted by atomic mass is 9.86. The number of benzene rings is 1. The third-order valence-corrected chi connectivity index (χ3v) is 6.07. The van der Waals surface area contributed by atoms with Crippen LogP contribution < -0.4 is 4.74 Å². The molecule has 1 fully saturated rings. The van der Waals surface area contributed by atoms with Crippen LogP contribution in [0.2, 0.25) is 0 Å². The van der Waals surface area contributed by atoms with Crippen LogP contribution in [0, 0.1) is 5.92 Å². The molecule has 1 nitrogen and oxygen atoms in total. The summed E-state index contributed by atoms with van der Waals surface area (Å²) in [6.07, 6.45) is 9.67. The van der Waals surface area contributed by atoms with Gasteiger partial charge in [-0.2, -0.15) is 0 Å². The van der Waals surface area contributed by atoms with E-state index in [2.05, 4.69) is 50.1 Å². The number of halogens is 2. The molecular formula is C17H24Br2O. The van der Waals surface area contributed by atoms with Gasteiger partial charge in [-0.05, 0) is 43.4 Å². The first kappa shape index (κ1) is 16.4. The van der Waals surface area contributed by atoms with Gasteiger partial charge in [0.2, 0.25) is 0 Å². The number of alkyl halides is 1. The maximum atomic E-state index is 5.56. The second-order valence-corrected chi connectivity index (χ2v) is 7.46. The zero-order chi connectivity index (χ0) is 14.4. The van der Waals surface area contributed by atoms with Crippen LogP contribution in [-0.2, 0) is 0 Å². The van der Waals surface area contributed by atoms with E-state index < -0.39 is 0 Å². The number of hydrogen-bond donors (Lipinski definition) is 0. The van der Waals surface area contributed by atoms with Gasteiger partial charge in [0.15, 0.2) is 0 Å². The van der Waals surface area contributed by atoms with Crippen LogP contribution >= 0.6 is 31.9 Å². The first-order valence-corrected chi connectivity index (χ1v) is 9.49. The molecule has 0 aliphatic heterocycles. The van der Waals surface area contributed by atoms with Crippen LogP contribution in [0.25, 0.3) is 0 Å². The fourth-order valence-electron chi connectivity index (χ4n) is 3.02. The second kappa shape index (κ2) is 8.43. The highest BCUT2D eigenvalue weighted by Crippen LogP contribution is 2.42. The Morgan fingerprint density at radius 1 is 1.15 bits per heavy atom. The van der Waals surface area contributed by atoms with Crippen LogP contribution in [0.4, 0.5) is 0 Å². The molecule has 0 saturated heterocycles. The molecule has 1 aromatic carbocycles. The SMILES string of the molecule is CCOc1ccc(C(Br)C2CCCCCCC2)c(Br)c1. The molecule has 20 heavy (non-hydrogen) atoms. The minimum Gasteiger partial charge on any atom is -0.494 e. The largest absolute Gasteiger partial charge is 0.494 e. The summed E-state index contributed by atoms with van der Waals surface area (Å²) in [4.78, 5) is 0.450. The van der Waals surface area contributed by atoms with Gasteiger partial charge in [-0.25, -0.2) is 0 Å². The lowest BCUT2D eigenvalue weighted by Gasteiger charge is -2.26. The van der Waals surface area contributed by atoms with Crippen molar-refractivity contribution in [2.75, 3.05) is 6.61 Å². The van der Waals surface area contributed by atoms with Gasteiger partial charge in [-0.15, -0.1) is 0 Å². The zero-order valence-corrected chi connectivity index (χ0v) is 15.4. The smallest absolute Gasteiger partial charge is 0.120 e. The molecule has 0 bridgehead atoms. The van der Waals surface area contributed by atoms with E-state index in [1.165, 1.54) is 50.5 Å². The highest BCUT2D eigenvalue weighted by atomic mass is 79.9. The van der Waals surface area contributed by atoms with E-state index >= 15 is 0 Å². The molecule has 1 aliphatic carbocycles. The van der Waals surface area contributed by atoms with Crippen molar-refractivity contribution < 1.29 is 4.74 Å². The molecule has 1 aromatic rings. The summed E-state index contributed by atoms with van der Waals surface area (Å²) in [7, 11) is 0. The first-order chi connectivity index (χ1) is 9.72. The van der Waals surface area contributed by atoms with Gasteiger partial charge >= 0.3 is 0 Å². The number of hydrogen-bond acceptors (Lipinski definition) is 1. The summed E-state index contributed by atoms with van der Waals surface area (Å²) >= 11 is 7.66. The maximum Gasteiger partial charge on any atom is 0.120 e. The van der Waals surface area contributed by atoms with Crippen molar-refractivity contribution in [2.24, 2.45) is 5.92 Å². The monoisotopic (exact) mass is 402 g/mol. The Balaban J connectivity index is 2.08. The lowest BCUT2D eigenvalue weighted by Crippen LogP contribution is -2.10. The van der Waals surface area contributed by atoms with Crippen molar-refractivity contribution in [3.63, 3.8) is 0 Å². The van der Waals surface area contributed by atoms with Crippen molar-refractivity contribution in [1.29, 1.82) is 0 Å². The quantitative estimate of drug-likeness (QED) is 0.511. The minimum absolute atomic E-state index is 0.450. The second-order valence-electron chi connectivity index (χ2n) is 5.62. The molecule has 0 heterocycles. The standard InChI is InChI=1S/C17H24Br2O/c1-2-20-14-10-11-15(16(18)12-14)17(19)13-8-6-4-3-5-7-9-13/h10-13,17H,2-9H2,1H3. The Hall–Kier alpha value is -0.0200. The maximum absolute atomic E-state index is 5.56. The Morgan fingerprint density at radius 2 is 1.80 bits per heavy atom. The highest BCUT2D eigenvalue weighted by molar-refractivity contribution is 9.11. The predicted molar refractivity (Wildman–Crippen MR) is 92.8 cm³/mol. The van der Waals surface area contributed by atoms with Gasteiger partial charge < -0.3 is 4.74 Å². The minimum atomic E-state index is 0.450. The lowest BCUT2D eigenvalue weighted by molar-refractivity contribution is 0.339. The summed E-state index contributed by atoms with van der Waals surface area (Å²) < 4.78 is 6.72. The molecule has 1 saturated carbocycles. The molecule has 1 atom stereocenters. The average molecular weight is 404 g/mol. The van der Waals surface area contributed by atoms with Gasteiger partial charge in [-0.1, -0.05) is 70.0 Å². The van der Waals surface area contributed by atoms with E-state index in [-0.39, 0.29) is 0 Å². The van der Waals surface area contributed by atoms with E-state index in [4.69, 9.17) is 4.74 Å². The fourth-order valence-corrected chi connectivity index (χ4v) is 4.86. The Morgan fingerprint density at radius 3 is 2.40 bits per heavy atom. The van der Waals surface area contributed by atoms with E-state index in [0.717, 1.165) is 16.1 Å². The van der Waals surface area contributed by atoms with Crippen molar-refractivity contribution in [2.45, 2.75) is 56.7 Å². The molecule has 0 amide bonds. The van der Waals surface area contributed by atoms with Crippen molar-refractivity contribution in [1.82, 2.24) is 0 Å². The third-order valence-electron chi connectivity index (χ3n) is 4.14. The van der Waals surface area contributed by atoms with Crippen molar-refractivity contribution in [3.8, 4) is 5.75 Å². The van der Waals surface area contributed by atoms with Crippen molar-refractivity contribution in [3.05, 3.63) is 28.2 Å². The van der Waals surface area contributed by atoms with Crippen LogP contribution in [-0.4, -0.2) is 6.61 Å². The molecular weight excluding hydrogens is 380 g/mol.